The average Bonchev–Trinajstić information content (AvgIpc) is 2.60. The molecule has 1 N–H and O–H groups in total. The number of hydrogen-bond donors (Lipinski definition) is 1. The zero-order valence-corrected chi connectivity index (χ0v) is 16.6. The molecule has 140 valence electrons. The van der Waals surface area contributed by atoms with Gasteiger partial charge in [-0.25, -0.2) is 0 Å². The van der Waals surface area contributed by atoms with Gasteiger partial charge in [0.25, 0.3) is 0 Å². The van der Waals surface area contributed by atoms with Crippen molar-refractivity contribution in [3.63, 3.8) is 0 Å². The predicted octanol–water partition coefficient (Wildman–Crippen LogP) is 4.44. The largest absolute Gasteiger partial charge is 0.493 e. The van der Waals surface area contributed by atoms with Crippen LogP contribution in [0.5, 0.6) is 17.2 Å². The van der Waals surface area contributed by atoms with Crippen LogP contribution in [-0.2, 0) is 11.2 Å². The quantitative estimate of drug-likeness (QED) is 0.749. The second-order valence-electron chi connectivity index (χ2n) is 5.63. The SMILES string of the molecule is COc1ccc(CC(=O)N[C@H](C)c2ccc(Cl)cc2Cl)c(OC)c1OC. The van der Waals surface area contributed by atoms with Gasteiger partial charge in [-0.3, -0.25) is 4.79 Å². The van der Waals surface area contributed by atoms with E-state index in [0.717, 1.165) is 5.56 Å². The monoisotopic (exact) mass is 397 g/mol. The first-order chi connectivity index (χ1) is 12.4. The van der Waals surface area contributed by atoms with Gasteiger partial charge in [0.15, 0.2) is 11.5 Å². The van der Waals surface area contributed by atoms with Crippen molar-refractivity contribution in [2.75, 3.05) is 21.3 Å². The lowest BCUT2D eigenvalue weighted by Gasteiger charge is -2.18. The van der Waals surface area contributed by atoms with E-state index < -0.39 is 0 Å². The molecule has 0 bridgehead atoms. The Bertz CT molecular complexity index is 795. The Hall–Kier alpha value is -2.11. The van der Waals surface area contributed by atoms with Gasteiger partial charge in [0, 0.05) is 15.6 Å². The molecule has 1 amide bonds. The lowest BCUT2D eigenvalue weighted by Crippen LogP contribution is -2.28. The zero-order chi connectivity index (χ0) is 19.3. The van der Waals surface area contributed by atoms with Crippen LogP contribution < -0.4 is 19.5 Å². The van der Waals surface area contributed by atoms with Crippen molar-refractivity contribution in [1.82, 2.24) is 5.32 Å². The summed E-state index contributed by atoms with van der Waals surface area (Å²) < 4.78 is 16.0. The van der Waals surface area contributed by atoms with Crippen LogP contribution in [0.4, 0.5) is 0 Å². The Morgan fingerprint density at radius 1 is 1.04 bits per heavy atom. The van der Waals surface area contributed by atoms with Gasteiger partial charge in [-0.05, 0) is 30.7 Å². The van der Waals surface area contributed by atoms with Crippen LogP contribution in [-0.4, -0.2) is 27.2 Å². The third-order valence-electron chi connectivity index (χ3n) is 3.94. The number of hydrogen-bond acceptors (Lipinski definition) is 4. The highest BCUT2D eigenvalue weighted by Gasteiger charge is 2.19. The van der Waals surface area contributed by atoms with Gasteiger partial charge < -0.3 is 19.5 Å². The lowest BCUT2D eigenvalue weighted by atomic mass is 10.1. The minimum absolute atomic E-state index is 0.124. The zero-order valence-electron chi connectivity index (χ0n) is 15.1. The molecule has 7 heteroatoms. The second kappa shape index (κ2) is 9.01. The van der Waals surface area contributed by atoms with Crippen LogP contribution >= 0.6 is 23.2 Å². The van der Waals surface area contributed by atoms with Crippen LogP contribution in [0.15, 0.2) is 30.3 Å². The molecule has 0 unspecified atom stereocenters. The lowest BCUT2D eigenvalue weighted by molar-refractivity contribution is -0.121. The number of benzene rings is 2. The van der Waals surface area contributed by atoms with E-state index in [1.807, 2.05) is 6.92 Å². The van der Waals surface area contributed by atoms with Crippen molar-refractivity contribution in [1.29, 1.82) is 0 Å². The van der Waals surface area contributed by atoms with Gasteiger partial charge in [0.2, 0.25) is 11.7 Å². The Balaban J connectivity index is 2.17. The summed E-state index contributed by atoms with van der Waals surface area (Å²) in [6, 6.07) is 8.44. The van der Waals surface area contributed by atoms with Crippen molar-refractivity contribution in [3.05, 3.63) is 51.5 Å². The molecule has 2 aromatic carbocycles. The molecule has 0 spiro atoms. The fourth-order valence-corrected chi connectivity index (χ4v) is 3.27. The van der Waals surface area contributed by atoms with E-state index in [1.54, 1.807) is 37.4 Å². The van der Waals surface area contributed by atoms with Crippen LogP contribution in [0.2, 0.25) is 10.0 Å². The Kier molecular flexibility index (Phi) is 7.00. The number of methoxy groups -OCH3 is 3. The molecule has 0 heterocycles. The van der Waals surface area contributed by atoms with E-state index in [9.17, 15) is 4.79 Å². The number of carbonyl (C=O) groups is 1. The number of rotatable bonds is 7. The third-order valence-corrected chi connectivity index (χ3v) is 4.51. The standard InChI is InChI=1S/C19H21Cl2NO4/c1-11(14-7-6-13(20)10-15(14)21)22-17(23)9-12-5-8-16(24-2)19(26-4)18(12)25-3/h5-8,10-11H,9H2,1-4H3,(H,22,23)/t11-/m1/s1. The smallest absolute Gasteiger partial charge is 0.225 e. The van der Waals surface area contributed by atoms with E-state index in [4.69, 9.17) is 37.4 Å². The summed E-state index contributed by atoms with van der Waals surface area (Å²) in [5, 5.41) is 3.99. The van der Waals surface area contributed by atoms with Crippen molar-refractivity contribution < 1.29 is 19.0 Å². The molecule has 1 atom stereocenters. The highest BCUT2D eigenvalue weighted by atomic mass is 35.5. The predicted molar refractivity (Wildman–Crippen MR) is 103 cm³/mol. The van der Waals surface area contributed by atoms with Crippen LogP contribution in [0.3, 0.4) is 0 Å². The molecule has 26 heavy (non-hydrogen) atoms. The number of carbonyl (C=O) groups excluding carboxylic acids is 1. The summed E-state index contributed by atoms with van der Waals surface area (Å²) in [5.74, 6) is 1.29. The van der Waals surface area contributed by atoms with Gasteiger partial charge in [-0.15, -0.1) is 0 Å². The molecule has 0 aliphatic rings. The van der Waals surface area contributed by atoms with Crippen molar-refractivity contribution in [2.45, 2.75) is 19.4 Å². The van der Waals surface area contributed by atoms with Crippen LogP contribution in [0.1, 0.15) is 24.1 Å². The molecule has 2 aromatic rings. The van der Waals surface area contributed by atoms with E-state index in [1.165, 1.54) is 14.2 Å². The van der Waals surface area contributed by atoms with Crippen molar-refractivity contribution in [2.24, 2.45) is 0 Å². The molecule has 0 aliphatic heterocycles. The van der Waals surface area contributed by atoms with Crippen LogP contribution in [0.25, 0.3) is 0 Å². The van der Waals surface area contributed by atoms with Crippen LogP contribution in [0, 0.1) is 0 Å². The van der Waals surface area contributed by atoms with E-state index in [-0.39, 0.29) is 18.4 Å². The van der Waals surface area contributed by atoms with Gasteiger partial charge >= 0.3 is 0 Å². The van der Waals surface area contributed by atoms with E-state index in [0.29, 0.717) is 32.9 Å². The first kappa shape index (κ1) is 20.2. The minimum atomic E-state index is -0.265. The maximum atomic E-state index is 12.5. The first-order valence-corrected chi connectivity index (χ1v) is 8.69. The summed E-state index contributed by atoms with van der Waals surface area (Å²) in [6.07, 6.45) is 0.124. The summed E-state index contributed by atoms with van der Waals surface area (Å²) in [5.41, 5.74) is 1.49. The van der Waals surface area contributed by atoms with Gasteiger partial charge in [0.05, 0.1) is 33.8 Å². The highest BCUT2D eigenvalue weighted by Crippen LogP contribution is 2.40. The molecule has 0 radical (unpaired) electrons. The fraction of sp³-hybridized carbons (Fsp3) is 0.316. The normalized spacial score (nSPS) is 11.6. The Morgan fingerprint density at radius 3 is 2.31 bits per heavy atom. The number of nitrogens with one attached hydrogen (secondary N) is 1. The van der Waals surface area contributed by atoms with Gasteiger partial charge in [-0.1, -0.05) is 35.3 Å². The Labute approximate surface area is 163 Å². The molecule has 5 nitrogen and oxygen atoms in total. The Morgan fingerprint density at radius 2 is 1.73 bits per heavy atom. The second-order valence-corrected chi connectivity index (χ2v) is 6.47. The molecule has 0 saturated heterocycles. The molecular weight excluding hydrogens is 377 g/mol. The summed E-state index contributed by atoms with van der Waals surface area (Å²) in [7, 11) is 4.59. The van der Waals surface area contributed by atoms with E-state index >= 15 is 0 Å². The number of halogens is 2. The highest BCUT2D eigenvalue weighted by molar-refractivity contribution is 6.35. The van der Waals surface area contributed by atoms with Crippen molar-refractivity contribution >= 4 is 29.1 Å². The third kappa shape index (κ3) is 4.54. The molecule has 0 aliphatic carbocycles. The first-order valence-electron chi connectivity index (χ1n) is 7.93. The fourth-order valence-electron chi connectivity index (χ4n) is 2.70. The number of ether oxygens (including phenoxy) is 3. The summed E-state index contributed by atoms with van der Waals surface area (Å²) in [4.78, 5) is 12.5. The molecule has 2 rings (SSSR count). The maximum absolute atomic E-state index is 12.5. The topological polar surface area (TPSA) is 56.8 Å². The van der Waals surface area contributed by atoms with Gasteiger partial charge in [0.1, 0.15) is 0 Å². The maximum Gasteiger partial charge on any atom is 0.225 e. The molecular formula is C19H21Cl2NO4. The summed E-state index contributed by atoms with van der Waals surface area (Å²) >= 11 is 12.1. The molecule has 0 saturated carbocycles. The van der Waals surface area contributed by atoms with E-state index in [2.05, 4.69) is 5.32 Å². The summed E-state index contributed by atoms with van der Waals surface area (Å²) in [6.45, 7) is 1.86. The van der Waals surface area contributed by atoms with Gasteiger partial charge in [-0.2, -0.15) is 0 Å². The number of amides is 1. The minimum Gasteiger partial charge on any atom is -0.493 e. The molecule has 0 aromatic heterocycles. The van der Waals surface area contributed by atoms with Crippen molar-refractivity contribution in [3.8, 4) is 17.2 Å². The average molecular weight is 398 g/mol. The molecule has 0 fully saturated rings.